The van der Waals surface area contributed by atoms with Crippen molar-refractivity contribution in [3.05, 3.63) is 77.1 Å². The van der Waals surface area contributed by atoms with Crippen LogP contribution in [0.5, 0.6) is 0 Å². The molecule has 1 aliphatic heterocycles. The summed E-state index contributed by atoms with van der Waals surface area (Å²) in [5, 5.41) is 10.8. The molecule has 1 atom stereocenters. The quantitative estimate of drug-likeness (QED) is 0.367. The number of halogens is 1. The highest BCUT2D eigenvalue weighted by Gasteiger charge is 2.45. The number of Topliss-reactive ketones (excluding diaryl/α,β-unsaturated/α-hetero) is 1. The Morgan fingerprint density at radius 3 is 2.41 bits per heavy atom. The summed E-state index contributed by atoms with van der Waals surface area (Å²) < 4.78 is 18.2. The molecule has 1 aliphatic rings. The van der Waals surface area contributed by atoms with Crippen LogP contribution in [0.3, 0.4) is 0 Å². The Hall–Kier alpha value is -2.99. The molecule has 0 radical (unpaired) electrons. The van der Waals surface area contributed by atoms with E-state index in [-0.39, 0.29) is 16.9 Å². The zero-order chi connectivity index (χ0) is 19.4. The van der Waals surface area contributed by atoms with Gasteiger partial charge in [-0.2, -0.15) is 0 Å². The third-order valence-electron chi connectivity index (χ3n) is 4.52. The van der Waals surface area contributed by atoms with E-state index in [1.54, 1.807) is 19.2 Å². The zero-order valence-electron chi connectivity index (χ0n) is 14.9. The summed E-state index contributed by atoms with van der Waals surface area (Å²) in [5.41, 5.74) is 1.01. The van der Waals surface area contributed by atoms with Gasteiger partial charge in [0.2, 0.25) is 0 Å². The Labute approximate surface area is 156 Å². The smallest absolute Gasteiger partial charge is 0.295 e. The highest BCUT2D eigenvalue weighted by Crippen LogP contribution is 2.39. The number of carbonyl (C=O) groups excluding carboxylic acids is 2. The SMILES string of the molecule is COCCCN1C(=O)C(=O)C(=C(O)c2ccc(F)cc2)[C@H]1c1ccccc1. The zero-order valence-corrected chi connectivity index (χ0v) is 14.9. The third-order valence-corrected chi connectivity index (χ3v) is 4.52. The van der Waals surface area contributed by atoms with Crippen LogP contribution < -0.4 is 0 Å². The average molecular weight is 369 g/mol. The molecule has 1 amide bonds. The predicted molar refractivity (Wildman–Crippen MR) is 98.3 cm³/mol. The average Bonchev–Trinajstić information content (AvgIpc) is 2.94. The lowest BCUT2D eigenvalue weighted by molar-refractivity contribution is -0.140. The van der Waals surface area contributed by atoms with Gasteiger partial charge < -0.3 is 14.7 Å². The minimum absolute atomic E-state index is 0.00947. The maximum Gasteiger partial charge on any atom is 0.295 e. The predicted octanol–water partition coefficient (Wildman–Crippen LogP) is 3.28. The maximum atomic E-state index is 13.2. The molecule has 0 bridgehead atoms. The van der Waals surface area contributed by atoms with E-state index < -0.39 is 23.5 Å². The number of ether oxygens (including phenoxy) is 1. The van der Waals surface area contributed by atoms with Crippen molar-refractivity contribution < 1.29 is 23.8 Å². The fourth-order valence-electron chi connectivity index (χ4n) is 3.24. The van der Waals surface area contributed by atoms with E-state index in [1.165, 1.54) is 29.2 Å². The van der Waals surface area contributed by atoms with Crippen LogP contribution in [0.25, 0.3) is 5.76 Å². The van der Waals surface area contributed by atoms with Crippen LogP contribution in [-0.2, 0) is 14.3 Å². The van der Waals surface area contributed by atoms with Crippen molar-refractivity contribution in [2.24, 2.45) is 0 Å². The third kappa shape index (κ3) is 3.75. The van der Waals surface area contributed by atoms with E-state index >= 15 is 0 Å². The second kappa shape index (κ2) is 8.14. The van der Waals surface area contributed by atoms with Crippen molar-refractivity contribution >= 4 is 17.4 Å². The molecule has 5 nitrogen and oxygen atoms in total. The molecule has 2 aromatic rings. The molecule has 3 rings (SSSR count). The number of ketones is 1. The summed E-state index contributed by atoms with van der Waals surface area (Å²) in [6, 6.07) is 13.5. The molecule has 1 heterocycles. The van der Waals surface area contributed by atoms with E-state index in [0.29, 0.717) is 19.6 Å². The molecule has 1 fully saturated rings. The Kier molecular flexibility index (Phi) is 5.66. The molecule has 1 saturated heterocycles. The van der Waals surface area contributed by atoms with Gasteiger partial charge in [0.1, 0.15) is 11.6 Å². The molecule has 0 aromatic heterocycles. The molecule has 0 aliphatic carbocycles. The topological polar surface area (TPSA) is 66.8 Å². The summed E-state index contributed by atoms with van der Waals surface area (Å²) in [5.74, 6) is -2.17. The molecule has 0 unspecified atom stereocenters. The Bertz CT molecular complexity index is 862. The number of carbonyl (C=O) groups is 2. The standard InChI is InChI=1S/C21H20FNO4/c1-27-13-5-12-23-18(14-6-3-2-4-7-14)17(20(25)21(23)26)19(24)15-8-10-16(22)11-9-15/h2-4,6-11,18,24H,5,12-13H2,1H3/t18-/m1/s1. The van der Waals surface area contributed by atoms with Crippen LogP contribution in [0.4, 0.5) is 4.39 Å². The maximum absolute atomic E-state index is 13.2. The molecule has 27 heavy (non-hydrogen) atoms. The van der Waals surface area contributed by atoms with Crippen molar-refractivity contribution in [2.75, 3.05) is 20.3 Å². The van der Waals surface area contributed by atoms with Gasteiger partial charge in [-0.1, -0.05) is 30.3 Å². The van der Waals surface area contributed by atoms with Crippen LogP contribution >= 0.6 is 0 Å². The first-order valence-electron chi connectivity index (χ1n) is 8.63. The van der Waals surface area contributed by atoms with Crippen molar-refractivity contribution in [1.29, 1.82) is 0 Å². The number of likely N-dealkylation sites (tertiary alicyclic amines) is 1. The summed E-state index contributed by atoms with van der Waals surface area (Å²) in [6.07, 6.45) is 0.559. The van der Waals surface area contributed by atoms with E-state index in [9.17, 15) is 19.1 Å². The van der Waals surface area contributed by atoms with Gasteiger partial charge in [-0.3, -0.25) is 9.59 Å². The van der Waals surface area contributed by atoms with Gasteiger partial charge in [0, 0.05) is 25.8 Å². The fourth-order valence-corrected chi connectivity index (χ4v) is 3.24. The van der Waals surface area contributed by atoms with Gasteiger partial charge in [0.05, 0.1) is 11.6 Å². The molecule has 2 aromatic carbocycles. The van der Waals surface area contributed by atoms with Crippen molar-refractivity contribution in [2.45, 2.75) is 12.5 Å². The first kappa shape index (κ1) is 18.8. The number of benzene rings is 2. The van der Waals surface area contributed by atoms with Crippen LogP contribution in [0.15, 0.2) is 60.2 Å². The monoisotopic (exact) mass is 369 g/mol. The Morgan fingerprint density at radius 2 is 1.78 bits per heavy atom. The first-order chi connectivity index (χ1) is 13.0. The minimum atomic E-state index is -0.747. The van der Waals surface area contributed by atoms with E-state index in [1.807, 2.05) is 18.2 Å². The van der Waals surface area contributed by atoms with Crippen LogP contribution in [0.2, 0.25) is 0 Å². The Balaban J connectivity index is 2.09. The number of hydrogen-bond acceptors (Lipinski definition) is 4. The molecule has 0 spiro atoms. The summed E-state index contributed by atoms with van der Waals surface area (Å²) in [4.78, 5) is 26.8. The molecule has 1 N–H and O–H groups in total. The van der Waals surface area contributed by atoms with Gasteiger partial charge in [0.25, 0.3) is 11.7 Å². The lowest BCUT2D eigenvalue weighted by Gasteiger charge is -2.25. The molecule has 6 heteroatoms. The largest absolute Gasteiger partial charge is 0.507 e. The van der Waals surface area contributed by atoms with E-state index in [0.717, 1.165) is 5.56 Å². The summed E-state index contributed by atoms with van der Waals surface area (Å²) in [7, 11) is 1.57. The highest BCUT2D eigenvalue weighted by atomic mass is 19.1. The number of methoxy groups -OCH3 is 1. The van der Waals surface area contributed by atoms with E-state index in [2.05, 4.69) is 0 Å². The van der Waals surface area contributed by atoms with E-state index in [4.69, 9.17) is 4.74 Å². The Morgan fingerprint density at radius 1 is 1.11 bits per heavy atom. The van der Waals surface area contributed by atoms with Crippen LogP contribution in [-0.4, -0.2) is 42.0 Å². The fraction of sp³-hybridized carbons (Fsp3) is 0.238. The van der Waals surface area contributed by atoms with Gasteiger partial charge >= 0.3 is 0 Å². The first-order valence-corrected chi connectivity index (χ1v) is 8.63. The van der Waals surface area contributed by atoms with Crippen molar-refractivity contribution in [1.82, 2.24) is 4.90 Å². The van der Waals surface area contributed by atoms with Gasteiger partial charge in [-0.15, -0.1) is 0 Å². The second-order valence-electron chi connectivity index (χ2n) is 6.26. The van der Waals surface area contributed by atoms with Crippen molar-refractivity contribution in [3.63, 3.8) is 0 Å². The number of amides is 1. The lowest BCUT2D eigenvalue weighted by atomic mass is 9.95. The molecule has 0 saturated carbocycles. The molecule has 140 valence electrons. The second-order valence-corrected chi connectivity index (χ2v) is 6.26. The normalized spacial score (nSPS) is 18.9. The van der Waals surface area contributed by atoms with Gasteiger partial charge in [0.15, 0.2) is 0 Å². The number of hydrogen-bond donors (Lipinski definition) is 1. The summed E-state index contributed by atoms with van der Waals surface area (Å²) in [6.45, 7) is 0.765. The van der Waals surface area contributed by atoms with Crippen LogP contribution in [0, 0.1) is 5.82 Å². The number of aliphatic hydroxyl groups is 1. The van der Waals surface area contributed by atoms with Gasteiger partial charge in [-0.25, -0.2) is 4.39 Å². The number of aliphatic hydroxyl groups excluding tert-OH is 1. The molecular weight excluding hydrogens is 349 g/mol. The van der Waals surface area contributed by atoms with Gasteiger partial charge in [-0.05, 0) is 36.2 Å². The summed E-state index contributed by atoms with van der Waals surface area (Å²) >= 11 is 0. The highest BCUT2D eigenvalue weighted by molar-refractivity contribution is 6.46. The number of nitrogens with zero attached hydrogens (tertiary/aromatic N) is 1. The van der Waals surface area contributed by atoms with Crippen LogP contribution in [0.1, 0.15) is 23.6 Å². The van der Waals surface area contributed by atoms with Crippen molar-refractivity contribution in [3.8, 4) is 0 Å². The number of rotatable bonds is 6. The lowest BCUT2D eigenvalue weighted by Crippen LogP contribution is -2.31. The minimum Gasteiger partial charge on any atom is -0.507 e. The molecular formula is C21H20FNO4.